The summed E-state index contributed by atoms with van der Waals surface area (Å²) in [5.41, 5.74) is 8.27. The van der Waals surface area contributed by atoms with Crippen molar-refractivity contribution in [1.82, 2.24) is 10.8 Å². The van der Waals surface area contributed by atoms with E-state index >= 15 is 0 Å². The van der Waals surface area contributed by atoms with Gasteiger partial charge in [-0.25, -0.2) is 9.87 Å². The fourth-order valence-corrected chi connectivity index (χ4v) is 2.20. The third-order valence-corrected chi connectivity index (χ3v) is 3.69. The summed E-state index contributed by atoms with van der Waals surface area (Å²) in [5.74, 6) is 8.87. The zero-order chi connectivity index (χ0) is 20.5. The minimum atomic E-state index is -1.08. The lowest BCUT2D eigenvalue weighted by atomic mass is 10.1. The Labute approximate surface area is 161 Å². The highest BCUT2D eigenvalue weighted by Gasteiger charge is 2.24. The fourth-order valence-electron chi connectivity index (χ4n) is 2.20. The Morgan fingerprint density at radius 3 is 2.32 bits per heavy atom. The molecule has 142 valence electrons. The molecule has 0 bridgehead atoms. The van der Waals surface area contributed by atoms with E-state index in [2.05, 4.69) is 29.0 Å². The molecular formula is C21H18FN3O3. The van der Waals surface area contributed by atoms with Gasteiger partial charge in [0, 0.05) is 17.2 Å². The van der Waals surface area contributed by atoms with Gasteiger partial charge in [0.1, 0.15) is 11.9 Å². The molecule has 0 spiro atoms. The summed E-state index contributed by atoms with van der Waals surface area (Å²) in [7, 11) is 0. The molecule has 0 saturated heterocycles. The van der Waals surface area contributed by atoms with Gasteiger partial charge in [-0.2, -0.15) is 0 Å². The highest BCUT2D eigenvalue weighted by atomic mass is 19.1. The molecule has 2 amide bonds. The minimum Gasteiger partial charge on any atom is -0.339 e. The first-order chi connectivity index (χ1) is 13.4. The molecule has 0 aromatic heterocycles. The van der Waals surface area contributed by atoms with Crippen molar-refractivity contribution in [2.24, 2.45) is 5.73 Å². The Morgan fingerprint density at radius 2 is 1.71 bits per heavy atom. The van der Waals surface area contributed by atoms with E-state index in [9.17, 15) is 14.0 Å². The van der Waals surface area contributed by atoms with Crippen LogP contribution in [0.2, 0.25) is 0 Å². The molecular weight excluding hydrogens is 361 g/mol. The summed E-state index contributed by atoms with van der Waals surface area (Å²) >= 11 is 0. The standard InChI is InChI=1S/C21H18FN3O3/c1-14(23)19(21(27)25-28)24-20(26)17-12-10-15(11-13-17)6-2-3-7-16-8-4-5-9-18(16)22/h4-5,8-14,19,28H,23H2,1H3,(H,24,26)(H,25,27)/t14-,19+/m1/s1. The van der Waals surface area contributed by atoms with Crippen LogP contribution in [-0.2, 0) is 4.79 Å². The number of benzene rings is 2. The van der Waals surface area contributed by atoms with Crippen molar-refractivity contribution in [2.75, 3.05) is 0 Å². The number of hydrogen-bond acceptors (Lipinski definition) is 4. The normalized spacial score (nSPS) is 11.7. The van der Waals surface area contributed by atoms with Gasteiger partial charge in [-0.05, 0) is 61.1 Å². The number of rotatable bonds is 4. The Balaban J connectivity index is 2.05. The van der Waals surface area contributed by atoms with Crippen molar-refractivity contribution in [3.8, 4) is 23.7 Å². The maximum Gasteiger partial charge on any atom is 0.267 e. The van der Waals surface area contributed by atoms with E-state index in [-0.39, 0.29) is 5.56 Å². The third kappa shape index (κ3) is 5.68. The molecule has 0 aliphatic rings. The predicted octanol–water partition coefficient (Wildman–Crippen LogP) is 1.18. The monoisotopic (exact) mass is 379 g/mol. The SMILES string of the molecule is C[C@@H](N)[C@H](NC(=O)c1ccc(C#CC#Cc2ccccc2F)cc1)C(=O)NO. The number of nitrogens with one attached hydrogen (secondary N) is 2. The molecule has 0 radical (unpaired) electrons. The van der Waals surface area contributed by atoms with Gasteiger partial charge in [0.2, 0.25) is 0 Å². The summed E-state index contributed by atoms with van der Waals surface area (Å²) in [4.78, 5) is 23.8. The van der Waals surface area contributed by atoms with Gasteiger partial charge in [0.05, 0.1) is 5.56 Å². The van der Waals surface area contributed by atoms with Crippen molar-refractivity contribution in [2.45, 2.75) is 19.0 Å². The first-order valence-corrected chi connectivity index (χ1v) is 8.29. The van der Waals surface area contributed by atoms with Crippen LogP contribution in [0.1, 0.15) is 28.4 Å². The number of hydroxylamine groups is 1. The van der Waals surface area contributed by atoms with E-state index in [4.69, 9.17) is 10.9 Å². The van der Waals surface area contributed by atoms with Crippen LogP contribution < -0.4 is 16.5 Å². The van der Waals surface area contributed by atoms with Crippen LogP contribution in [0.15, 0.2) is 48.5 Å². The maximum atomic E-state index is 13.4. The molecule has 5 N–H and O–H groups in total. The van der Waals surface area contributed by atoms with E-state index < -0.39 is 29.7 Å². The smallest absolute Gasteiger partial charge is 0.267 e. The number of carbonyl (C=O) groups excluding carboxylic acids is 2. The van der Waals surface area contributed by atoms with Crippen LogP contribution in [0.25, 0.3) is 0 Å². The van der Waals surface area contributed by atoms with Crippen LogP contribution in [0.5, 0.6) is 0 Å². The largest absolute Gasteiger partial charge is 0.339 e. The second kappa shape index (κ2) is 9.89. The van der Waals surface area contributed by atoms with E-state index in [0.29, 0.717) is 11.1 Å². The van der Waals surface area contributed by atoms with Crippen molar-refractivity contribution >= 4 is 11.8 Å². The number of amides is 2. The fraction of sp³-hybridized carbons (Fsp3) is 0.143. The molecule has 2 atom stereocenters. The van der Waals surface area contributed by atoms with Crippen LogP contribution >= 0.6 is 0 Å². The summed E-state index contributed by atoms with van der Waals surface area (Å²) in [6, 6.07) is 10.6. The van der Waals surface area contributed by atoms with Gasteiger partial charge < -0.3 is 11.1 Å². The third-order valence-electron chi connectivity index (χ3n) is 3.69. The van der Waals surface area contributed by atoms with Crippen molar-refractivity contribution in [3.63, 3.8) is 0 Å². The molecule has 0 heterocycles. The summed E-state index contributed by atoms with van der Waals surface area (Å²) < 4.78 is 13.4. The maximum absolute atomic E-state index is 13.4. The number of halogens is 1. The van der Waals surface area contributed by atoms with Crippen LogP contribution in [-0.4, -0.2) is 29.1 Å². The highest BCUT2D eigenvalue weighted by Crippen LogP contribution is 2.05. The van der Waals surface area contributed by atoms with Gasteiger partial charge in [-0.3, -0.25) is 14.8 Å². The van der Waals surface area contributed by atoms with Crippen molar-refractivity contribution in [1.29, 1.82) is 0 Å². The topological polar surface area (TPSA) is 104 Å². The van der Waals surface area contributed by atoms with E-state index in [1.807, 2.05) is 0 Å². The van der Waals surface area contributed by atoms with Crippen molar-refractivity contribution < 1.29 is 19.2 Å². The lowest BCUT2D eigenvalue weighted by Gasteiger charge is -2.19. The van der Waals surface area contributed by atoms with Gasteiger partial charge in [0.15, 0.2) is 0 Å². The summed E-state index contributed by atoms with van der Waals surface area (Å²) in [6.45, 7) is 1.53. The number of carbonyl (C=O) groups is 2. The Bertz CT molecular complexity index is 980. The lowest BCUT2D eigenvalue weighted by Crippen LogP contribution is -2.54. The molecule has 0 fully saturated rings. The second-order valence-electron chi connectivity index (χ2n) is 5.84. The van der Waals surface area contributed by atoms with Gasteiger partial charge >= 0.3 is 0 Å². The first-order valence-electron chi connectivity index (χ1n) is 8.29. The second-order valence-corrected chi connectivity index (χ2v) is 5.84. The molecule has 0 saturated carbocycles. The molecule has 2 aromatic rings. The lowest BCUT2D eigenvalue weighted by molar-refractivity contribution is -0.131. The minimum absolute atomic E-state index is 0.263. The Morgan fingerprint density at radius 1 is 1.07 bits per heavy atom. The van der Waals surface area contributed by atoms with Gasteiger partial charge in [-0.1, -0.05) is 18.1 Å². The van der Waals surface area contributed by atoms with Crippen LogP contribution in [0, 0.1) is 29.5 Å². The average Bonchev–Trinajstić information content (AvgIpc) is 2.70. The molecule has 0 aliphatic heterocycles. The van der Waals surface area contributed by atoms with E-state index in [1.54, 1.807) is 30.3 Å². The van der Waals surface area contributed by atoms with Gasteiger partial charge in [-0.15, -0.1) is 0 Å². The molecule has 7 heteroatoms. The quantitative estimate of drug-likeness (QED) is 0.364. The molecule has 28 heavy (non-hydrogen) atoms. The average molecular weight is 379 g/mol. The molecule has 0 aliphatic carbocycles. The highest BCUT2D eigenvalue weighted by molar-refractivity contribution is 5.97. The zero-order valence-electron chi connectivity index (χ0n) is 15.0. The predicted molar refractivity (Wildman–Crippen MR) is 101 cm³/mol. The van der Waals surface area contributed by atoms with Gasteiger partial charge in [0.25, 0.3) is 11.8 Å². The van der Waals surface area contributed by atoms with Crippen molar-refractivity contribution in [3.05, 3.63) is 71.0 Å². The zero-order valence-corrected chi connectivity index (χ0v) is 15.0. The first kappa shape index (κ1) is 20.7. The van der Waals surface area contributed by atoms with Crippen LogP contribution in [0.4, 0.5) is 4.39 Å². The Hall–Kier alpha value is -3.65. The molecule has 0 unspecified atom stereocenters. The molecule has 6 nitrogen and oxygen atoms in total. The Kier molecular flexibility index (Phi) is 7.29. The molecule has 2 rings (SSSR count). The number of nitrogens with two attached hydrogens (primary N) is 1. The van der Waals surface area contributed by atoms with E-state index in [1.165, 1.54) is 30.6 Å². The molecule has 2 aromatic carbocycles. The van der Waals surface area contributed by atoms with E-state index in [0.717, 1.165) is 0 Å². The summed E-state index contributed by atoms with van der Waals surface area (Å²) in [6.07, 6.45) is 0. The number of hydrogen-bond donors (Lipinski definition) is 4. The van der Waals surface area contributed by atoms with Crippen LogP contribution in [0.3, 0.4) is 0 Å². The summed E-state index contributed by atoms with van der Waals surface area (Å²) in [5, 5.41) is 11.2.